The average Bonchev–Trinajstić information content (AvgIpc) is 2.77. The first-order chi connectivity index (χ1) is 9.78. The molecule has 0 N–H and O–H groups in total. The molecular weight excluding hydrogens is 252 g/mol. The maximum absolute atomic E-state index is 4.14. The number of fused-ring (bicyclic) bond motifs is 2. The molecule has 0 saturated carbocycles. The quantitative estimate of drug-likeness (QED) is 0.650. The highest BCUT2D eigenvalue weighted by Gasteiger charge is 2.55. The number of allylic oxidation sites excluding steroid dienone is 4. The fourth-order valence-electron chi connectivity index (χ4n) is 5.09. The Morgan fingerprint density at radius 3 is 1.90 bits per heavy atom. The number of hydrogen-bond donors (Lipinski definition) is 0. The molecule has 0 heterocycles. The fourth-order valence-corrected chi connectivity index (χ4v) is 5.09. The average molecular weight is 278 g/mol. The minimum absolute atomic E-state index is 0.120. The number of rotatable bonds is 2. The Labute approximate surface area is 129 Å². The minimum Gasteiger partial charge on any atom is -0.0988 e. The molecule has 21 heavy (non-hydrogen) atoms. The first-order valence-electron chi connectivity index (χ1n) is 7.89. The van der Waals surface area contributed by atoms with Gasteiger partial charge in [-0.15, -0.1) is 0 Å². The van der Waals surface area contributed by atoms with E-state index in [0.717, 1.165) is 6.42 Å². The molecule has 0 heteroatoms. The Hall–Kier alpha value is -1.56. The van der Waals surface area contributed by atoms with Crippen molar-refractivity contribution in [2.45, 2.75) is 51.4 Å². The second-order valence-electron chi connectivity index (χ2n) is 7.98. The highest BCUT2D eigenvalue weighted by atomic mass is 14.6. The van der Waals surface area contributed by atoms with Crippen LogP contribution in [0.25, 0.3) is 0 Å². The summed E-state index contributed by atoms with van der Waals surface area (Å²) in [5.41, 5.74) is 6.30. The summed E-state index contributed by atoms with van der Waals surface area (Å²) in [6.45, 7) is 17.7. The van der Waals surface area contributed by atoms with E-state index in [4.69, 9.17) is 0 Å². The van der Waals surface area contributed by atoms with Gasteiger partial charge in [-0.1, -0.05) is 77.3 Å². The highest BCUT2D eigenvalue weighted by Crippen LogP contribution is 2.63. The summed E-state index contributed by atoms with van der Waals surface area (Å²) in [5.74, 6) is 0. The third-order valence-electron chi connectivity index (χ3n) is 5.60. The molecule has 0 aromatic heterocycles. The van der Waals surface area contributed by atoms with Gasteiger partial charge in [0.1, 0.15) is 0 Å². The molecule has 110 valence electrons. The van der Waals surface area contributed by atoms with Gasteiger partial charge >= 0.3 is 0 Å². The van der Waals surface area contributed by atoms with E-state index in [1.165, 1.54) is 28.7 Å². The van der Waals surface area contributed by atoms with E-state index in [1.54, 1.807) is 0 Å². The van der Waals surface area contributed by atoms with Crippen LogP contribution in [0.3, 0.4) is 0 Å². The van der Waals surface area contributed by atoms with Gasteiger partial charge in [0.2, 0.25) is 0 Å². The molecule has 0 aliphatic heterocycles. The van der Waals surface area contributed by atoms with Crippen molar-refractivity contribution in [2.75, 3.05) is 0 Å². The van der Waals surface area contributed by atoms with Crippen molar-refractivity contribution in [1.82, 2.24) is 0 Å². The zero-order valence-corrected chi connectivity index (χ0v) is 13.8. The second-order valence-corrected chi connectivity index (χ2v) is 7.98. The molecule has 1 aromatic carbocycles. The topological polar surface area (TPSA) is 0 Å². The summed E-state index contributed by atoms with van der Waals surface area (Å²) in [7, 11) is 0. The van der Waals surface area contributed by atoms with Crippen molar-refractivity contribution < 1.29 is 0 Å². The molecule has 0 fully saturated rings. The minimum atomic E-state index is 0.120. The fraction of sp³-hybridized carbons (Fsp3) is 0.429. The van der Waals surface area contributed by atoms with E-state index in [-0.39, 0.29) is 16.2 Å². The summed E-state index contributed by atoms with van der Waals surface area (Å²) in [6, 6.07) is 8.99. The Kier molecular flexibility index (Phi) is 2.89. The lowest BCUT2D eigenvalue weighted by atomic mass is 9.71. The summed E-state index contributed by atoms with van der Waals surface area (Å²) in [6.07, 6.45) is 6.47. The van der Waals surface area contributed by atoms with Crippen LogP contribution in [0.5, 0.6) is 0 Å². The van der Waals surface area contributed by atoms with Crippen molar-refractivity contribution in [3.05, 3.63) is 71.8 Å². The molecule has 1 atom stereocenters. The van der Waals surface area contributed by atoms with E-state index in [9.17, 15) is 0 Å². The summed E-state index contributed by atoms with van der Waals surface area (Å²) < 4.78 is 0. The van der Waals surface area contributed by atoms with Gasteiger partial charge < -0.3 is 0 Å². The molecule has 0 saturated heterocycles. The zero-order valence-electron chi connectivity index (χ0n) is 13.8. The van der Waals surface area contributed by atoms with Gasteiger partial charge in [0.25, 0.3) is 0 Å². The molecule has 3 rings (SSSR count). The molecular formula is C21H26. The molecule has 0 nitrogen and oxygen atoms in total. The predicted octanol–water partition coefficient (Wildman–Crippen LogP) is 5.70. The lowest BCUT2D eigenvalue weighted by Crippen LogP contribution is -2.27. The smallest absolute Gasteiger partial charge is 0.0225 e. The Morgan fingerprint density at radius 1 is 0.810 bits per heavy atom. The maximum Gasteiger partial charge on any atom is 0.0225 e. The third kappa shape index (κ3) is 1.75. The third-order valence-corrected chi connectivity index (χ3v) is 5.60. The van der Waals surface area contributed by atoms with Crippen LogP contribution in [0.15, 0.2) is 60.7 Å². The van der Waals surface area contributed by atoms with E-state index >= 15 is 0 Å². The van der Waals surface area contributed by atoms with E-state index < -0.39 is 0 Å². The van der Waals surface area contributed by atoms with Crippen molar-refractivity contribution in [3.8, 4) is 0 Å². The Balaban J connectivity index is 2.32. The molecule has 1 unspecified atom stereocenters. The van der Waals surface area contributed by atoms with Gasteiger partial charge in [0.05, 0.1) is 0 Å². The van der Waals surface area contributed by atoms with Crippen LogP contribution < -0.4 is 0 Å². The Bertz CT molecular complexity index is 654. The van der Waals surface area contributed by atoms with Crippen LogP contribution in [-0.4, -0.2) is 0 Å². The molecule has 2 aliphatic carbocycles. The van der Waals surface area contributed by atoms with Crippen LogP contribution >= 0.6 is 0 Å². The van der Waals surface area contributed by atoms with Crippen LogP contribution in [0.2, 0.25) is 0 Å². The predicted molar refractivity (Wildman–Crippen MR) is 91.6 cm³/mol. The van der Waals surface area contributed by atoms with Gasteiger partial charge in [-0.25, -0.2) is 0 Å². The first kappa shape index (κ1) is 14.4. The first-order valence-corrected chi connectivity index (χ1v) is 7.89. The molecule has 1 spiro atoms. The molecule has 0 bridgehead atoms. The normalized spacial score (nSPS) is 28.8. The van der Waals surface area contributed by atoms with Gasteiger partial charge in [0, 0.05) is 5.41 Å². The van der Waals surface area contributed by atoms with Gasteiger partial charge in [0.15, 0.2) is 0 Å². The second kappa shape index (κ2) is 4.22. The van der Waals surface area contributed by atoms with Gasteiger partial charge in [-0.3, -0.25) is 0 Å². The maximum atomic E-state index is 4.14. The van der Waals surface area contributed by atoms with Crippen molar-refractivity contribution in [1.29, 1.82) is 0 Å². The highest BCUT2D eigenvalue weighted by molar-refractivity contribution is 5.60. The SMILES string of the molecule is C=CC1=C(C=C)C2(CC1(C)C)CC(C)(C)c1ccccc12. The van der Waals surface area contributed by atoms with Crippen LogP contribution in [0.4, 0.5) is 0 Å². The molecule has 0 amide bonds. The van der Waals surface area contributed by atoms with Crippen molar-refractivity contribution in [3.63, 3.8) is 0 Å². The summed E-state index contributed by atoms with van der Waals surface area (Å²) in [4.78, 5) is 0. The standard InChI is InChI=1S/C21H26/c1-7-15-16(8-2)21(13-19(15,3)4)14-20(5,6)17-11-9-10-12-18(17)21/h7-12H,1-2,13-14H2,3-6H3. The van der Waals surface area contributed by atoms with E-state index in [1.807, 2.05) is 0 Å². The summed E-state index contributed by atoms with van der Waals surface area (Å²) >= 11 is 0. The molecule has 0 radical (unpaired) electrons. The van der Waals surface area contributed by atoms with Gasteiger partial charge in [-0.2, -0.15) is 0 Å². The largest absolute Gasteiger partial charge is 0.0988 e. The van der Waals surface area contributed by atoms with Crippen LogP contribution in [0.1, 0.15) is 51.7 Å². The zero-order chi connectivity index (χ0) is 15.5. The van der Waals surface area contributed by atoms with Gasteiger partial charge in [-0.05, 0) is 45.9 Å². The van der Waals surface area contributed by atoms with E-state index in [2.05, 4.69) is 77.3 Å². The van der Waals surface area contributed by atoms with Crippen LogP contribution in [-0.2, 0) is 10.8 Å². The molecule has 2 aliphatic rings. The monoisotopic (exact) mass is 278 g/mol. The molecule has 1 aromatic rings. The van der Waals surface area contributed by atoms with E-state index in [0.29, 0.717) is 0 Å². The summed E-state index contributed by atoms with van der Waals surface area (Å²) in [5, 5.41) is 0. The number of hydrogen-bond acceptors (Lipinski definition) is 0. The Morgan fingerprint density at radius 2 is 1.33 bits per heavy atom. The lowest BCUT2D eigenvalue weighted by Gasteiger charge is -2.32. The van der Waals surface area contributed by atoms with Crippen molar-refractivity contribution >= 4 is 0 Å². The lowest BCUT2D eigenvalue weighted by molar-refractivity contribution is 0.319. The number of benzene rings is 1. The van der Waals surface area contributed by atoms with Crippen molar-refractivity contribution in [2.24, 2.45) is 5.41 Å². The van der Waals surface area contributed by atoms with Crippen LogP contribution in [0, 0.1) is 5.41 Å².